The molecule has 2 aromatic rings. The SMILES string of the molecule is N#Cc1ccc(C#CC2=NCc3ccccc32)cc1. The van der Waals surface area contributed by atoms with Crippen molar-refractivity contribution in [1.82, 2.24) is 0 Å². The van der Waals surface area contributed by atoms with Crippen molar-refractivity contribution < 1.29 is 0 Å². The largest absolute Gasteiger partial charge is 0.271 e. The lowest BCUT2D eigenvalue weighted by Crippen LogP contribution is -1.93. The van der Waals surface area contributed by atoms with Crippen LogP contribution in [0.3, 0.4) is 0 Å². The molecule has 0 radical (unpaired) electrons. The van der Waals surface area contributed by atoms with Crippen LogP contribution < -0.4 is 0 Å². The number of fused-ring (bicyclic) bond motifs is 1. The standard InChI is InChI=1S/C17H10N2/c18-11-14-7-5-13(6-8-14)9-10-17-16-4-2-1-3-15(16)12-19-17/h1-8H,12H2. The van der Waals surface area contributed by atoms with Crippen LogP contribution in [0.5, 0.6) is 0 Å². The lowest BCUT2D eigenvalue weighted by atomic mass is 10.1. The third-order valence-corrected chi connectivity index (χ3v) is 3.02. The van der Waals surface area contributed by atoms with Crippen LogP contribution in [0.1, 0.15) is 22.3 Å². The molecule has 2 nitrogen and oxygen atoms in total. The zero-order chi connectivity index (χ0) is 13.1. The van der Waals surface area contributed by atoms with Gasteiger partial charge in [-0.2, -0.15) is 5.26 Å². The Bertz CT molecular complexity index is 750. The second-order valence-corrected chi connectivity index (χ2v) is 4.26. The van der Waals surface area contributed by atoms with E-state index in [0.717, 1.165) is 16.8 Å². The highest BCUT2D eigenvalue weighted by Gasteiger charge is 2.12. The molecule has 2 heteroatoms. The van der Waals surface area contributed by atoms with Crippen molar-refractivity contribution in [3.63, 3.8) is 0 Å². The van der Waals surface area contributed by atoms with Crippen LogP contribution >= 0.6 is 0 Å². The maximum atomic E-state index is 8.74. The quantitative estimate of drug-likeness (QED) is 0.654. The fourth-order valence-corrected chi connectivity index (χ4v) is 2.00. The van der Waals surface area contributed by atoms with Gasteiger partial charge in [0.15, 0.2) is 0 Å². The molecule has 1 heterocycles. The zero-order valence-corrected chi connectivity index (χ0v) is 10.2. The Kier molecular flexibility index (Phi) is 2.85. The summed E-state index contributed by atoms with van der Waals surface area (Å²) in [4.78, 5) is 4.44. The third kappa shape index (κ3) is 2.25. The van der Waals surface area contributed by atoms with Gasteiger partial charge in [0.1, 0.15) is 5.71 Å². The Morgan fingerprint density at radius 1 is 0.895 bits per heavy atom. The monoisotopic (exact) mass is 242 g/mol. The van der Waals surface area contributed by atoms with Crippen LogP contribution in [0.4, 0.5) is 0 Å². The van der Waals surface area contributed by atoms with Gasteiger partial charge in [-0.1, -0.05) is 30.2 Å². The second kappa shape index (κ2) is 4.80. The highest BCUT2D eigenvalue weighted by molar-refractivity contribution is 6.15. The molecule has 0 saturated carbocycles. The highest BCUT2D eigenvalue weighted by Crippen LogP contribution is 2.17. The number of nitrogens with zero attached hydrogens (tertiary/aromatic N) is 2. The molecule has 0 amide bonds. The number of rotatable bonds is 0. The van der Waals surface area contributed by atoms with Gasteiger partial charge in [-0.25, -0.2) is 0 Å². The van der Waals surface area contributed by atoms with E-state index in [0.29, 0.717) is 12.1 Å². The molecule has 3 rings (SSSR count). The lowest BCUT2D eigenvalue weighted by molar-refractivity contribution is 1.11. The minimum absolute atomic E-state index is 0.647. The molecule has 2 aromatic carbocycles. The summed E-state index contributed by atoms with van der Waals surface area (Å²) >= 11 is 0. The summed E-state index contributed by atoms with van der Waals surface area (Å²) in [6.45, 7) is 0.716. The predicted molar refractivity (Wildman–Crippen MR) is 74.7 cm³/mol. The van der Waals surface area contributed by atoms with Crippen molar-refractivity contribution in [2.45, 2.75) is 6.54 Å². The summed E-state index contributed by atoms with van der Waals surface area (Å²) in [5, 5.41) is 8.74. The molecule has 1 aliphatic rings. The van der Waals surface area contributed by atoms with E-state index in [2.05, 4.69) is 35.0 Å². The van der Waals surface area contributed by atoms with Crippen molar-refractivity contribution in [3.05, 3.63) is 70.8 Å². The van der Waals surface area contributed by atoms with Gasteiger partial charge in [0, 0.05) is 11.1 Å². The Morgan fingerprint density at radius 2 is 1.63 bits per heavy atom. The molecule has 0 atom stereocenters. The first-order valence-corrected chi connectivity index (χ1v) is 6.02. The van der Waals surface area contributed by atoms with Gasteiger partial charge in [0.05, 0.1) is 18.2 Å². The summed E-state index contributed by atoms with van der Waals surface area (Å²) in [5.41, 5.74) is 4.75. The van der Waals surface area contributed by atoms with Gasteiger partial charge in [0.2, 0.25) is 0 Å². The predicted octanol–water partition coefficient (Wildman–Crippen LogP) is 2.91. The van der Waals surface area contributed by atoms with Crippen molar-refractivity contribution in [1.29, 1.82) is 5.26 Å². The number of aliphatic imine (C=N–C) groups is 1. The second-order valence-electron chi connectivity index (χ2n) is 4.26. The van der Waals surface area contributed by atoms with Crippen LogP contribution in [0.15, 0.2) is 53.5 Å². The molecule has 0 fully saturated rings. The number of benzene rings is 2. The Morgan fingerprint density at radius 3 is 2.42 bits per heavy atom. The summed E-state index contributed by atoms with van der Waals surface area (Å²) in [6, 6.07) is 17.5. The van der Waals surface area contributed by atoms with Crippen LogP contribution in [-0.2, 0) is 6.54 Å². The minimum atomic E-state index is 0.647. The zero-order valence-electron chi connectivity index (χ0n) is 10.2. The third-order valence-electron chi connectivity index (χ3n) is 3.02. The molecule has 19 heavy (non-hydrogen) atoms. The van der Waals surface area contributed by atoms with Gasteiger partial charge < -0.3 is 0 Å². The van der Waals surface area contributed by atoms with E-state index >= 15 is 0 Å². The van der Waals surface area contributed by atoms with Crippen molar-refractivity contribution in [2.75, 3.05) is 0 Å². The topological polar surface area (TPSA) is 36.1 Å². The van der Waals surface area contributed by atoms with Crippen molar-refractivity contribution in [3.8, 4) is 17.9 Å². The summed E-state index contributed by atoms with van der Waals surface area (Å²) in [6.07, 6.45) is 0. The van der Waals surface area contributed by atoms with E-state index in [1.54, 1.807) is 12.1 Å². The number of hydrogen-bond donors (Lipinski definition) is 0. The fraction of sp³-hybridized carbons (Fsp3) is 0.0588. The van der Waals surface area contributed by atoms with Gasteiger partial charge >= 0.3 is 0 Å². The number of nitriles is 1. The van der Waals surface area contributed by atoms with Gasteiger partial charge in [-0.05, 0) is 35.7 Å². The molecule has 0 N–H and O–H groups in total. The van der Waals surface area contributed by atoms with E-state index in [4.69, 9.17) is 5.26 Å². The minimum Gasteiger partial charge on any atom is -0.271 e. The normalized spacial score (nSPS) is 11.8. The molecule has 1 aliphatic heterocycles. The fourth-order valence-electron chi connectivity index (χ4n) is 2.00. The first-order valence-electron chi connectivity index (χ1n) is 6.02. The maximum absolute atomic E-state index is 8.74. The van der Waals surface area contributed by atoms with E-state index < -0.39 is 0 Å². The average molecular weight is 242 g/mol. The summed E-state index contributed by atoms with van der Waals surface area (Å²) in [5.74, 6) is 6.20. The molecule has 0 aliphatic carbocycles. The van der Waals surface area contributed by atoms with E-state index in [1.807, 2.05) is 24.3 Å². The van der Waals surface area contributed by atoms with Crippen molar-refractivity contribution in [2.24, 2.45) is 4.99 Å². The van der Waals surface area contributed by atoms with Crippen LogP contribution in [-0.4, -0.2) is 5.71 Å². The molecule has 0 spiro atoms. The molecular formula is C17H10N2. The average Bonchev–Trinajstić information content (AvgIpc) is 2.89. The molecule has 0 saturated heterocycles. The van der Waals surface area contributed by atoms with E-state index in [9.17, 15) is 0 Å². The van der Waals surface area contributed by atoms with E-state index in [1.165, 1.54) is 5.56 Å². The maximum Gasteiger partial charge on any atom is 0.115 e. The molecular weight excluding hydrogens is 232 g/mol. The van der Waals surface area contributed by atoms with Gasteiger partial charge in [-0.3, -0.25) is 4.99 Å². The molecule has 88 valence electrons. The summed E-state index contributed by atoms with van der Waals surface area (Å²) in [7, 11) is 0. The lowest BCUT2D eigenvalue weighted by Gasteiger charge is -1.95. The first-order chi connectivity index (χ1) is 9.36. The number of hydrogen-bond acceptors (Lipinski definition) is 2. The summed E-state index contributed by atoms with van der Waals surface area (Å²) < 4.78 is 0. The highest BCUT2D eigenvalue weighted by atomic mass is 14.8. The van der Waals surface area contributed by atoms with Crippen LogP contribution in [0.25, 0.3) is 0 Å². The molecule has 0 bridgehead atoms. The van der Waals surface area contributed by atoms with Crippen molar-refractivity contribution >= 4 is 5.71 Å². The Balaban J connectivity index is 1.88. The Labute approximate surface area is 112 Å². The molecule has 0 aromatic heterocycles. The van der Waals surface area contributed by atoms with E-state index in [-0.39, 0.29) is 0 Å². The first kappa shape index (κ1) is 11.3. The van der Waals surface area contributed by atoms with Gasteiger partial charge in [0.25, 0.3) is 0 Å². The van der Waals surface area contributed by atoms with Crippen LogP contribution in [0, 0.1) is 23.2 Å². The molecule has 0 unspecified atom stereocenters. The van der Waals surface area contributed by atoms with Crippen LogP contribution in [0.2, 0.25) is 0 Å². The Hall–Kier alpha value is -2.84. The van der Waals surface area contributed by atoms with Gasteiger partial charge in [-0.15, -0.1) is 0 Å². The smallest absolute Gasteiger partial charge is 0.115 e.